The van der Waals surface area contributed by atoms with Crippen molar-refractivity contribution in [3.8, 4) is 0 Å². The maximum atomic E-state index is 8.48. The summed E-state index contributed by atoms with van der Waals surface area (Å²) >= 11 is 0. The minimum absolute atomic E-state index is 0.319. The van der Waals surface area contributed by atoms with Crippen LogP contribution in [0.4, 0.5) is 11.9 Å². The number of nitrogens with zero attached hydrogens (tertiary/aromatic N) is 5. The summed E-state index contributed by atoms with van der Waals surface area (Å²) < 4.78 is 0. The zero-order chi connectivity index (χ0) is 12.5. The molecule has 0 bridgehead atoms. The van der Waals surface area contributed by atoms with Crippen LogP contribution in [0, 0.1) is 0 Å². The second kappa shape index (κ2) is 7.29. The molecule has 0 aromatic carbocycles. The zero-order valence-electron chi connectivity index (χ0n) is 10.1. The van der Waals surface area contributed by atoms with Gasteiger partial charge in [-0.2, -0.15) is 19.7 Å². The number of anilines is 2. The van der Waals surface area contributed by atoms with E-state index in [9.17, 15) is 0 Å². The van der Waals surface area contributed by atoms with Gasteiger partial charge in [0.2, 0.25) is 17.7 Å². The summed E-state index contributed by atoms with van der Waals surface area (Å²) in [5.74, 6) is 1.28. The fourth-order valence-corrected chi connectivity index (χ4v) is 1.13. The van der Waals surface area contributed by atoms with Crippen molar-refractivity contribution in [2.24, 2.45) is 0 Å². The van der Waals surface area contributed by atoms with Crippen LogP contribution in [0.2, 0.25) is 0 Å². The number of nitrogens with one attached hydrogen (secondary N) is 2. The van der Waals surface area contributed by atoms with Crippen LogP contribution in [0.1, 0.15) is 32.5 Å². The normalized spacial score (nSPS) is 9.53. The molecule has 7 heteroatoms. The molecule has 0 atom stereocenters. The van der Waals surface area contributed by atoms with Crippen LogP contribution in [0.3, 0.4) is 0 Å². The predicted octanol–water partition coefficient (Wildman–Crippen LogP) is 1.16. The largest absolute Gasteiger partial charge is 0.361 e. The van der Waals surface area contributed by atoms with E-state index in [1.807, 2.05) is 0 Å². The summed E-state index contributed by atoms with van der Waals surface area (Å²) in [6.07, 6.45) is 3.13. The second-order valence-electron chi connectivity index (χ2n) is 3.44. The summed E-state index contributed by atoms with van der Waals surface area (Å²) in [5.41, 5.74) is 8.48. The molecule has 2 N–H and O–H groups in total. The van der Waals surface area contributed by atoms with Crippen LogP contribution in [-0.2, 0) is 0 Å². The summed E-state index contributed by atoms with van der Waals surface area (Å²) in [7, 11) is 0. The van der Waals surface area contributed by atoms with Crippen LogP contribution in [0.15, 0.2) is 0 Å². The van der Waals surface area contributed by atoms with Crippen LogP contribution in [0.5, 0.6) is 0 Å². The number of rotatable bonds is 7. The Hall–Kier alpha value is -2.01. The van der Waals surface area contributed by atoms with E-state index in [1.165, 1.54) is 6.21 Å². The van der Waals surface area contributed by atoms with E-state index in [4.69, 9.17) is 5.53 Å². The molecule has 7 nitrogen and oxygen atoms in total. The molecule has 0 saturated carbocycles. The molecule has 0 unspecified atom stereocenters. The highest BCUT2D eigenvalue weighted by atomic mass is 15.2. The molecule has 0 amide bonds. The van der Waals surface area contributed by atoms with Gasteiger partial charge in [-0.1, -0.05) is 13.8 Å². The molecule has 0 spiro atoms. The third-order valence-corrected chi connectivity index (χ3v) is 1.89. The molecule has 0 aliphatic rings. The lowest BCUT2D eigenvalue weighted by Gasteiger charge is -2.06. The van der Waals surface area contributed by atoms with Gasteiger partial charge in [0.1, 0.15) is 0 Å². The van der Waals surface area contributed by atoms with Gasteiger partial charge in [0, 0.05) is 13.1 Å². The lowest BCUT2D eigenvalue weighted by atomic mass is 10.5. The summed E-state index contributed by atoms with van der Waals surface area (Å²) in [5, 5.41) is 6.13. The van der Waals surface area contributed by atoms with Crippen molar-refractivity contribution >= 4 is 18.1 Å². The fourth-order valence-electron chi connectivity index (χ4n) is 1.13. The van der Waals surface area contributed by atoms with Crippen molar-refractivity contribution in [3.05, 3.63) is 11.4 Å². The molecular formula is C10H17N7. The van der Waals surface area contributed by atoms with Gasteiger partial charge >= 0.3 is 6.21 Å². The van der Waals surface area contributed by atoms with Crippen LogP contribution in [0.25, 0.3) is 5.53 Å². The molecule has 1 heterocycles. The second-order valence-corrected chi connectivity index (χ2v) is 3.44. The summed E-state index contributed by atoms with van der Waals surface area (Å²) in [6, 6.07) is 0. The Labute approximate surface area is 100 Å². The molecular weight excluding hydrogens is 218 g/mol. The average Bonchev–Trinajstić information content (AvgIpc) is 2.34. The van der Waals surface area contributed by atoms with Crippen LogP contribution in [-0.4, -0.2) is 39.0 Å². The average molecular weight is 235 g/mol. The first-order valence-electron chi connectivity index (χ1n) is 5.71. The van der Waals surface area contributed by atoms with Crippen molar-refractivity contribution in [1.29, 1.82) is 0 Å². The number of hydrogen-bond acceptors (Lipinski definition) is 5. The van der Waals surface area contributed by atoms with E-state index in [2.05, 4.69) is 44.2 Å². The molecule has 0 aliphatic heterocycles. The van der Waals surface area contributed by atoms with E-state index in [0.717, 1.165) is 25.9 Å². The lowest BCUT2D eigenvalue weighted by molar-refractivity contribution is 0.00394. The van der Waals surface area contributed by atoms with E-state index in [1.54, 1.807) is 0 Å². The molecule has 0 radical (unpaired) electrons. The molecule has 0 fully saturated rings. The molecule has 1 aromatic rings. The van der Waals surface area contributed by atoms with E-state index in [0.29, 0.717) is 17.7 Å². The predicted molar refractivity (Wildman–Crippen MR) is 66.2 cm³/mol. The van der Waals surface area contributed by atoms with Gasteiger partial charge in [-0.25, -0.2) is 0 Å². The minimum atomic E-state index is 0.319. The SMILES string of the molecule is CCCNc1nc(C=[N+]=[N-])nc(NCCC)n1. The summed E-state index contributed by atoms with van der Waals surface area (Å²) in [4.78, 5) is 15.3. The highest BCUT2D eigenvalue weighted by Crippen LogP contribution is 2.04. The van der Waals surface area contributed by atoms with Gasteiger partial charge in [-0.15, -0.1) is 0 Å². The summed E-state index contributed by atoms with van der Waals surface area (Å²) in [6.45, 7) is 5.68. The third kappa shape index (κ3) is 4.56. The van der Waals surface area contributed by atoms with Gasteiger partial charge in [-0.05, 0) is 12.8 Å². The van der Waals surface area contributed by atoms with Crippen molar-refractivity contribution in [3.63, 3.8) is 0 Å². The maximum Gasteiger partial charge on any atom is 0.325 e. The Balaban J connectivity index is 2.87. The molecule has 0 saturated heterocycles. The van der Waals surface area contributed by atoms with Gasteiger partial charge < -0.3 is 16.2 Å². The van der Waals surface area contributed by atoms with Crippen molar-refractivity contribution in [2.75, 3.05) is 23.7 Å². The molecule has 17 heavy (non-hydrogen) atoms. The first kappa shape index (κ1) is 13.1. The first-order valence-corrected chi connectivity index (χ1v) is 5.71. The molecule has 1 rings (SSSR count). The molecule has 92 valence electrons. The maximum absolute atomic E-state index is 8.48. The molecule has 1 aromatic heterocycles. The Morgan fingerprint density at radius 3 is 2.00 bits per heavy atom. The lowest BCUT2D eigenvalue weighted by Crippen LogP contribution is -2.12. The Kier molecular flexibility index (Phi) is 5.60. The quantitative estimate of drug-likeness (QED) is 0.420. The third-order valence-electron chi connectivity index (χ3n) is 1.89. The van der Waals surface area contributed by atoms with Crippen LogP contribution >= 0.6 is 0 Å². The van der Waals surface area contributed by atoms with Gasteiger partial charge in [-0.3, -0.25) is 0 Å². The number of aromatic nitrogens is 3. The van der Waals surface area contributed by atoms with Gasteiger partial charge in [0.05, 0.1) is 0 Å². The van der Waals surface area contributed by atoms with E-state index < -0.39 is 0 Å². The van der Waals surface area contributed by atoms with Gasteiger partial charge in [0.15, 0.2) is 0 Å². The Morgan fingerprint density at radius 2 is 1.59 bits per heavy atom. The van der Waals surface area contributed by atoms with Crippen molar-refractivity contribution in [2.45, 2.75) is 26.7 Å². The first-order chi connectivity index (χ1) is 8.30. The van der Waals surface area contributed by atoms with Gasteiger partial charge in [0.25, 0.3) is 0 Å². The number of hydrogen-bond donors (Lipinski definition) is 2. The van der Waals surface area contributed by atoms with Crippen molar-refractivity contribution < 1.29 is 4.79 Å². The van der Waals surface area contributed by atoms with Crippen molar-refractivity contribution in [1.82, 2.24) is 15.0 Å². The van der Waals surface area contributed by atoms with E-state index >= 15 is 0 Å². The highest BCUT2D eigenvalue weighted by molar-refractivity contribution is 5.70. The topological polar surface area (TPSA) is 99.1 Å². The fraction of sp³-hybridized carbons (Fsp3) is 0.600. The standard InChI is InChI=1S/C10H17N7/c1-3-5-12-9-15-8(7-14-11)16-10(17-9)13-6-4-2/h7H,3-6H2,1-2H3,(H2,12,13,15,16,17). The van der Waals surface area contributed by atoms with Crippen LogP contribution < -0.4 is 10.6 Å². The smallest absolute Gasteiger partial charge is 0.325 e. The Bertz CT molecular complexity index is 371. The minimum Gasteiger partial charge on any atom is -0.361 e. The molecule has 0 aliphatic carbocycles. The van der Waals surface area contributed by atoms with E-state index in [-0.39, 0.29) is 0 Å². The zero-order valence-corrected chi connectivity index (χ0v) is 10.1. The highest BCUT2D eigenvalue weighted by Gasteiger charge is 2.06. The monoisotopic (exact) mass is 235 g/mol. The Morgan fingerprint density at radius 1 is 1.06 bits per heavy atom.